The monoisotopic (exact) mass is 131 g/mol. The summed E-state index contributed by atoms with van der Waals surface area (Å²) in [4.78, 5) is 18.2. The Bertz CT molecular complexity index is 133. The molecule has 0 bridgehead atoms. The molecule has 0 aliphatic carbocycles. The Labute approximate surface area is 51.1 Å². The molecule has 0 saturated carbocycles. The van der Waals surface area contributed by atoms with Gasteiger partial charge in [0.2, 0.25) is 0 Å². The summed E-state index contributed by atoms with van der Waals surface area (Å²) in [7, 11) is 0. The van der Waals surface area contributed by atoms with E-state index >= 15 is 0 Å². The molecule has 0 amide bonds. The maximum Gasteiger partial charge on any atom is 0.414 e. The number of hydrogen-bond acceptors (Lipinski definition) is 3. The van der Waals surface area contributed by atoms with Gasteiger partial charge in [-0.2, -0.15) is 5.26 Å². The van der Waals surface area contributed by atoms with Crippen LogP contribution in [-0.2, 0) is 9.59 Å². The number of hydrogen-bond donors (Lipinski definition) is 2. The molecule has 9 heavy (non-hydrogen) atoms. The summed E-state index contributed by atoms with van der Waals surface area (Å²) >= 11 is 0. The van der Waals surface area contributed by atoms with Gasteiger partial charge < -0.3 is 10.2 Å². The molecule has 0 aromatic heterocycles. The van der Waals surface area contributed by atoms with E-state index in [4.69, 9.17) is 25.1 Å². The highest BCUT2D eigenvalue weighted by atomic mass is 16.4. The number of carboxylic acid groups (broad SMARTS) is 2. The summed E-state index contributed by atoms with van der Waals surface area (Å²) in [6.45, 7) is 1.43. The quantitative estimate of drug-likeness (QED) is 0.439. The van der Waals surface area contributed by atoms with Crippen molar-refractivity contribution in [2.24, 2.45) is 0 Å². The molecule has 5 heteroatoms. The molecule has 0 atom stereocenters. The molecule has 2 N–H and O–H groups in total. The lowest BCUT2D eigenvalue weighted by atomic mass is 10.7. The van der Waals surface area contributed by atoms with E-state index in [0.717, 1.165) is 0 Å². The number of nitrogens with zero attached hydrogens (tertiary/aromatic N) is 1. The largest absolute Gasteiger partial charge is 0.473 e. The third kappa shape index (κ3) is 21.4. The summed E-state index contributed by atoms with van der Waals surface area (Å²) < 4.78 is 0. The topological polar surface area (TPSA) is 98.4 Å². The van der Waals surface area contributed by atoms with Crippen LogP contribution in [0.25, 0.3) is 0 Å². The van der Waals surface area contributed by atoms with E-state index in [9.17, 15) is 0 Å². The van der Waals surface area contributed by atoms with Gasteiger partial charge in [0.15, 0.2) is 0 Å². The van der Waals surface area contributed by atoms with Crippen molar-refractivity contribution in [2.75, 3.05) is 0 Å². The average Bonchev–Trinajstić information content (AvgIpc) is 1.68. The summed E-state index contributed by atoms with van der Waals surface area (Å²) in [6.07, 6.45) is 0. The van der Waals surface area contributed by atoms with Crippen molar-refractivity contribution in [3.05, 3.63) is 0 Å². The second kappa shape index (κ2) is 6.43. The van der Waals surface area contributed by atoms with Gasteiger partial charge in [0.05, 0.1) is 6.07 Å². The lowest BCUT2D eigenvalue weighted by Crippen LogP contribution is -2.09. The zero-order valence-electron chi connectivity index (χ0n) is 4.66. The number of carbonyl (C=O) groups is 2. The second-order valence-electron chi connectivity index (χ2n) is 0.834. The smallest absolute Gasteiger partial charge is 0.414 e. The molecule has 0 unspecified atom stereocenters. The van der Waals surface area contributed by atoms with Crippen molar-refractivity contribution < 1.29 is 19.8 Å². The van der Waals surface area contributed by atoms with E-state index in [1.54, 1.807) is 6.07 Å². The van der Waals surface area contributed by atoms with Crippen LogP contribution in [0.5, 0.6) is 0 Å². The molecular formula is C4H5NO4. The van der Waals surface area contributed by atoms with Gasteiger partial charge in [-0.25, -0.2) is 9.59 Å². The molecule has 0 radical (unpaired) electrons. The zero-order valence-corrected chi connectivity index (χ0v) is 4.66. The molecular weight excluding hydrogens is 126 g/mol. The Kier molecular flexibility index (Phi) is 7.44. The van der Waals surface area contributed by atoms with Gasteiger partial charge >= 0.3 is 11.9 Å². The number of nitriles is 1. The minimum absolute atomic E-state index is 1.43. The number of aliphatic carboxylic acids is 2. The van der Waals surface area contributed by atoms with E-state index < -0.39 is 11.9 Å². The first-order valence-corrected chi connectivity index (χ1v) is 1.83. The highest BCUT2D eigenvalue weighted by Gasteiger charge is 2.04. The van der Waals surface area contributed by atoms with E-state index in [1.165, 1.54) is 6.92 Å². The van der Waals surface area contributed by atoms with Crippen molar-refractivity contribution >= 4 is 11.9 Å². The van der Waals surface area contributed by atoms with Crippen LogP contribution in [0.3, 0.4) is 0 Å². The first kappa shape index (κ1) is 10.4. The summed E-state index contributed by atoms with van der Waals surface area (Å²) in [6, 6.07) is 1.75. The molecule has 0 rings (SSSR count). The van der Waals surface area contributed by atoms with Crippen LogP contribution in [0.15, 0.2) is 0 Å². The van der Waals surface area contributed by atoms with Crippen LogP contribution in [0.2, 0.25) is 0 Å². The minimum atomic E-state index is -1.82. The van der Waals surface area contributed by atoms with Crippen LogP contribution in [-0.4, -0.2) is 22.2 Å². The molecule has 5 nitrogen and oxygen atoms in total. The third-order valence-electron chi connectivity index (χ3n) is 0.183. The molecule has 0 aromatic carbocycles. The SMILES string of the molecule is CC#N.O=C(O)C(=O)O. The fourth-order valence-electron chi connectivity index (χ4n) is 0. The molecule has 0 aliphatic heterocycles. The van der Waals surface area contributed by atoms with Crippen molar-refractivity contribution in [1.29, 1.82) is 5.26 Å². The minimum Gasteiger partial charge on any atom is -0.473 e. The number of carboxylic acids is 2. The predicted molar refractivity (Wildman–Crippen MR) is 26.6 cm³/mol. The Morgan fingerprint density at radius 2 is 1.44 bits per heavy atom. The molecule has 0 aliphatic rings. The normalized spacial score (nSPS) is 5.78. The van der Waals surface area contributed by atoms with Gasteiger partial charge in [0.1, 0.15) is 0 Å². The Morgan fingerprint density at radius 3 is 1.44 bits per heavy atom. The van der Waals surface area contributed by atoms with E-state index in [1.807, 2.05) is 0 Å². The van der Waals surface area contributed by atoms with Gasteiger partial charge in [-0.1, -0.05) is 0 Å². The fourth-order valence-corrected chi connectivity index (χ4v) is 0. The van der Waals surface area contributed by atoms with Crippen LogP contribution >= 0.6 is 0 Å². The van der Waals surface area contributed by atoms with E-state index in [2.05, 4.69) is 0 Å². The van der Waals surface area contributed by atoms with Crippen LogP contribution in [0, 0.1) is 11.3 Å². The standard InChI is InChI=1S/C2H3N.C2H2O4/c1-2-3;3-1(4)2(5)6/h1H3;(H,3,4)(H,5,6). The molecule has 0 fully saturated rings. The van der Waals surface area contributed by atoms with Gasteiger partial charge in [-0.3, -0.25) is 0 Å². The fraction of sp³-hybridized carbons (Fsp3) is 0.250. The van der Waals surface area contributed by atoms with Gasteiger partial charge in [-0.15, -0.1) is 0 Å². The van der Waals surface area contributed by atoms with E-state index in [0.29, 0.717) is 0 Å². The van der Waals surface area contributed by atoms with Crippen LogP contribution < -0.4 is 0 Å². The first-order valence-electron chi connectivity index (χ1n) is 1.83. The lowest BCUT2D eigenvalue weighted by Gasteiger charge is -1.72. The maximum atomic E-state index is 9.10. The number of rotatable bonds is 0. The second-order valence-corrected chi connectivity index (χ2v) is 0.834. The molecule has 50 valence electrons. The van der Waals surface area contributed by atoms with Gasteiger partial charge in [0, 0.05) is 6.92 Å². The van der Waals surface area contributed by atoms with Gasteiger partial charge in [-0.05, 0) is 0 Å². The van der Waals surface area contributed by atoms with Crippen LogP contribution in [0.1, 0.15) is 6.92 Å². The average molecular weight is 131 g/mol. The van der Waals surface area contributed by atoms with Crippen molar-refractivity contribution in [3.63, 3.8) is 0 Å². The van der Waals surface area contributed by atoms with Crippen molar-refractivity contribution in [2.45, 2.75) is 6.92 Å². The van der Waals surface area contributed by atoms with Crippen molar-refractivity contribution in [1.82, 2.24) is 0 Å². The Balaban J connectivity index is 0. The summed E-state index contributed by atoms with van der Waals surface area (Å²) in [5.74, 6) is -3.65. The molecule has 0 heterocycles. The third-order valence-corrected chi connectivity index (χ3v) is 0.183. The highest BCUT2D eigenvalue weighted by Crippen LogP contribution is 1.56. The summed E-state index contributed by atoms with van der Waals surface area (Å²) in [5, 5.41) is 22.1. The van der Waals surface area contributed by atoms with E-state index in [-0.39, 0.29) is 0 Å². The predicted octanol–water partition coefficient (Wildman–Crippen LogP) is -0.315. The van der Waals surface area contributed by atoms with Crippen LogP contribution in [0.4, 0.5) is 0 Å². The Hall–Kier alpha value is -1.57. The van der Waals surface area contributed by atoms with Crippen molar-refractivity contribution in [3.8, 4) is 6.07 Å². The van der Waals surface area contributed by atoms with Gasteiger partial charge in [0.25, 0.3) is 0 Å². The highest BCUT2D eigenvalue weighted by molar-refractivity contribution is 6.27. The molecule has 0 saturated heterocycles. The molecule has 0 aromatic rings. The Morgan fingerprint density at radius 1 is 1.33 bits per heavy atom. The zero-order chi connectivity index (χ0) is 7.86. The first-order chi connectivity index (χ1) is 4.06. The molecule has 0 spiro atoms. The maximum absolute atomic E-state index is 9.10. The lowest BCUT2D eigenvalue weighted by molar-refractivity contribution is -0.159. The summed E-state index contributed by atoms with van der Waals surface area (Å²) in [5.41, 5.74) is 0.